The fourth-order valence-corrected chi connectivity index (χ4v) is 11.9. The Kier molecular flexibility index (Phi) is 12.0. The lowest BCUT2D eigenvalue weighted by Gasteiger charge is -2.33. The summed E-state index contributed by atoms with van der Waals surface area (Å²) in [6.07, 6.45) is 6.64. The van der Waals surface area contributed by atoms with Gasteiger partial charge in [-0.2, -0.15) is 0 Å². The van der Waals surface area contributed by atoms with Crippen LogP contribution in [0.2, 0.25) is 0 Å². The quantitative estimate of drug-likeness (QED) is 0.201. The third kappa shape index (κ3) is 9.09. The van der Waals surface area contributed by atoms with Crippen LogP contribution in [0.15, 0.2) is 54.6 Å². The number of benzene rings is 2. The van der Waals surface area contributed by atoms with E-state index < -0.39 is 74.5 Å². The van der Waals surface area contributed by atoms with Crippen LogP contribution >= 0.6 is 0 Å². The van der Waals surface area contributed by atoms with Crippen LogP contribution in [0.25, 0.3) is 22.0 Å². The zero-order valence-electron chi connectivity index (χ0n) is 37.4. The maximum absolute atomic E-state index is 15.2. The monoisotopic (exact) mass is 915 g/mol. The molecule has 0 bridgehead atoms. The van der Waals surface area contributed by atoms with Gasteiger partial charge < -0.3 is 34.5 Å². The number of carbonyl (C=O) groups is 4. The lowest BCUT2D eigenvalue weighted by Crippen LogP contribution is -2.59. The van der Waals surface area contributed by atoms with E-state index in [-0.39, 0.29) is 49.0 Å². The summed E-state index contributed by atoms with van der Waals surface area (Å²) in [4.78, 5) is 63.8. The third-order valence-corrected chi connectivity index (χ3v) is 16.5. The molecule has 9 rings (SSSR count). The van der Waals surface area contributed by atoms with Crippen molar-refractivity contribution in [1.82, 2.24) is 25.2 Å². The van der Waals surface area contributed by atoms with Crippen molar-refractivity contribution < 1.29 is 50.9 Å². The fourth-order valence-electron chi connectivity index (χ4n) is 10.6. The van der Waals surface area contributed by atoms with Crippen LogP contribution in [-0.4, -0.2) is 98.0 Å². The molecular weight excluding hydrogens is 858 g/mol. The SMILES string of the molecule is COc1ccc2c(O[C@@H]3C[C@H]4C(=O)N[C@]5(C(=O)NS(=O)(=O)C6CC6)C[C@H]5/C=C\CC[C@H](C)C[C@@H](C)[C@H](NC(=O)OC5CC6C(C)C6C5)C(=O)N4C3)nc(-c3ccc(OC)c(F)c3)cc2c1. The van der Waals surface area contributed by atoms with E-state index in [1.807, 2.05) is 19.1 Å². The molecule has 0 radical (unpaired) electrons. The Labute approximate surface area is 378 Å². The fraction of sp³-hybridized carbons (Fsp3) is 0.562. The van der Waals surface area contributed by atoms with E-state index in [1.54, 1.807) is 37.4 Å². The zero-order valence-corrected chi connectivity index (χ0v) is 38.2. The average Bonchev–Trinajstić information content (AvgIpc) is 4.23. The van der Waals surface area contributed by atoms with Gasteiger partial charge in [0.05, 0.1) is 31.7 Å². The maximum Gasteiger partial charge on any atom is 0.408 e. The number of nitrogens with one attached hydrogen (secondary N) is 3. The van der Waals surface area contributed by atoms with Crippen molar-refractivity contribution in [3.63, 3.8) is 0 Å². The van der Waals surface area contributed by atoms with Crippen LogP contribution in [-0.2, 0) is 29.1 Å². The highest BCUT2D eigenvalue weighted by atomic mass is 32.2. The number of pyridine rings is 1. The summed E-state index contributed by atoms with van der Waals surface area (Å²) in [5.41, 5.74) is -0.743. The second-order valence-electron chi connectivity index (χ2n) is 19.3. The topological polar surface area (TPSA) is 192 Å². The first-order valence-corrected chi connectivity index (χ1v) is 24.4. The van der Waals surface area contributed by atoms with Gasteiger partial charge in [0.2, 0.25) is 27.7 Å². The normalized spacial score (nSPS) is 32.7. The molecule has 4 amide bonds. The standard InChI is InChI=1S/C48H58FN5O10S/c1-25-8-6-7-9-30-23-48(30,46(57)53-65(59,60)34-12-13-34)52-43(55)40-22-33(24-54(40)45(56)42(26(2)16-25)51-47(58)64-32-20-36-27(3)37(36)21-32)63-44-35-14-11-31(61-4)17-29(35)19-39(50-44)28-10-15-41(62-5)38(49)18-28/h7,9-11,14-15,17-19,25-27,30,32-34,36-37,40,42H,6,8,12-13,16,20-24H2,1-5H3,(H,51,58)(H,52,55)(H,53,57)/b9-7-/t25-,26+,27?,30+,32?,33+,36?,37?,40-,42-,48+/m0/s1. The highest BCUT2D eigenvalue weighted by Gasteiger charge is 2.62. The van der Waals surface area contributed by atoms with E-state index in [0.29, 0.717) is 71.2 Å². The third-order valence-electron chi connectivity index (χ3n) is 14.7. The van der Waals surface area contributed by atoms with Crippen LogP contribution in [0, 0.1) is 41.3 Å². The molecule has 2 aliphatic heterocycles. The number of hydrogen-bond donors (Lipinski definition) is 3. The van der Waals surface area contributed by atoms with E-state index in [4.69, 9.17) is 23.9 Å². The lowest BCUT2D eigenvalue weighted by molar-refractivity contribution is -0.142. The van der Waals surface area contributed by atoms with Crippen LogP contribution in [0.1, 0.15) is 78.6 Å². The number of nitrogens with zero attached hydrogens (tertiary/aromatic N) is 2. The minimum Gasteiger partial charge on any atom is -0.497 e. The summed E-state index contributed by atoms with van der Waals surface area (Å²) in [5, 5.41) is 6.43. The summed E-state index contributed by atoms with van der Waals surface area (Å²) in [6, 6.07) is 9.31. The number of rotatable bonds is 10. The van der Waals surface area contributed by atoms with E-state index >= 15 is 9.18 Å². The van der Waals surface area contributed by atoms with Gasteiger partial charge in [-0.15, -0.1) is 0 Å². The van der Waals surface area contributed by atoms with Gasteiger partial charge in [-0.25, -0.2) is 22.6 Å². The van der Waals surface area contributed by atoms with Crippen molar-refractivity contribution in [2.45, 2.75) is 114 Å². The van der Waals surface area contributed by atoms with Crippen LogP contribution in [0.3, 0.4) is 0 Å². The molecule has 15 nitrogen and oxygen atoms in total. The smallest absolute Gasteiger partial charge is 0.408 e. The summed E-state index contributed by atoms with van der Waals surface area (Å²) < 4.78 is 66.6. The number of fused-ring (bicyclic) bond motifs is 4. The Morgan fingerprint density at radius 2 is 1.71 bits per heavy atom. The molecule has 17 heteroatoms. The van der Waals surface area contributed by atoms with Gasteiger partial charge in [-0.1, -0.05) is 32.9 Å². The molecule has 9 atom stereocenters. The van der Waals surface area contributed by atoms with E-state index in [0.717, 1.165) is 19.3 Å². The van der Waals surface area contributed by atoms with E-state index in [1.165, 1.54) is 24.1 Å². The molecule has 1 aromatic heterocycles. The number of halogens is 1. The summed E-state index contributed by atoms with van der Waals surface area (Å²) in [6.45, 7) is 6.10. The van der Waals surface area contributed by atoms with Crippen molar-refractivity contribution in [3.8, 4) is 28.6 Å². The first kappa shape index (κ1) is 44.7. The summed E-state index contributed by atoms with van der Waals surface area (Å²) in [7, 11) is -1.03. The number of hydrogen-bond acceptors (Lipinski definition) is 11. The number of sulfonamides is 1. The van der Waals surface area contributed by atoms with Crippen LogP contribution < -0.4 is 29.6 Å². The molecule has 5 fully saturated rings. The first-order chi connectivity index (χ1) is 31.1. The summed E-state index contributed by atoms with van der Waals surface area (Å²) >= 11 is 0. The van der Waals surface area contributed by atoms with Gasteiger partial charge in [-0.3, -0.25) is 19.1 Å². The Balaban J connectivity index is 1.05. The highest BCUT2D eigenvalue weighted by molar-refractivity contribution is 7.91. The Morgan fingerprint density at radius 3 is 2.42 bits per heavy atom. The number of carbonyl (C=O) groups excluding carboxylic acids is 4. The minimum absolute atomic E-state index is 0.0398. The van der Waals surface area contributed by atoms with Crippen LogP contribution in [0.5, 0.6) is 17.4 Å². The molecule has 3 aromatic rings. The minimum atomic E-state index is -3.95. The van der Waals surface area contributed by atoms with Gasteiger partial charge in [0.15, 0.2) is 11.6 Å². The van der Waals surface area contributed by atoms with Crippen molar-refractivity contribution in [3.05, 3.63) is 60.4 Å². The number of allylic oxidation sites excluding steroid dienone is 1. The number of ether oxygens (including phenoxy) is 4. The first-order valence-electron chi connectivity index (χ1n) is 22.9. The van der Waals surface area contributed by atoms with Crippen LogP contribution in [0.4, 0.5) is 9.18 Å². The molecule has 2 unspecified atom stereocenters. The molecule has 0 spiro atoms. The zero-order chi connectivity index (χ0) is 45.9. The van der Waals surface area contributed by atoms with E-state index in [9.17, 15) is 22.8 Å². The molecule has 65 heavy (non-hydrogen) atoms. The van der Waals surface area contributed by atoms with Gasteiger partial charge in [0.25, 0.3) is 5.91 Å². The predicted molar refractivity (Wildman–Crippen MR) is 238 cm³/mol. The molecule has 348 valence electrons. The van der Waals surface area contributed by atoms with Gasteiger partial charge >= 0.3 is 6.09 Å². The van der Waals surface area contributed by atoms with Crippen molar-refractivity contribution >= 4 is 44.6 Å². The van der Waals surface area contributed by atoms with Gasteiger partial charge in [0, 0.05) is 23.3 Å². The number of aromatic nitrogens is 1. The van der Waals surface area contributed by atoms with Gasteiger partial charge in [0.1, 0.15) is 35.6 Å². The summed E-state index contributed by atoms with van der Waals surface area (Å²) in [5.74, 6) is -0.822. The van der Waals surface area contributed by atoms with Crippen molar-refractivity contribution in [2.75, 3.05) is 20.8 Å². The Hall–Kier alpha value is -5.45. The molecule has 1 saturated heterocycles. The number of methoxy groups -OCH3 is 2. The molecule has 6 aliphatic rings. The maximum atomic E-state index is 15.2. The second kappa shape index (κ2) is 17.4. The molecule has 2 aromatic carbocycles. The largest absolute Gasteiger partial charge is 0.497 e. The Bertz CT molecular complexity index is 2520. The molecular formula is C48H58FN5O10S. The van der Waals surface area contributed by atoms with E-state index in [2.05, 4.69) is 29.2 Å². The lowest BCUT2D eigenvalue weighted by atomic mass is 9.88. The molecule has 3 heterocycles. The number of alkyl carbamates (subject to hydrolysis) is 1. The van der Waals surface area contributed by atoms with Crippen molar-refractivity contribution in [2.24, 2.45) is 35.5 Å². The number of amides is 4. The molecule has 3 N–H and O–H groups in total. The molecule has 4 saturated carbocycles. The average molecular weight is 916 g/mol. The van der Waals surface area contributed by atoms with Crippen molar-refractivity contribution in [1.29, 1.82) is 0 Å². The Morgan fingerprint density at radius 1 is 0.938 bits per heavy atom. The molecule has 4 aliphatic carbocycles. The van der Waals surface area contributed by atoms with Gasteiger partial charge in [-0.05, 0) is 129 Å². The highest BCUT2D eigenvalue weighted by Crippen LogP contribution is 2.57. The second-order valence-corrected chi connectivity index (χ2v) is 21.3. The predicted octanol–water partition coefficient (Wildman–Crippen LogP) is 6.04.